The molecule has 1 saturated heterocycles. The Labute approximate surface area is 202 Å². The van der Waals surface area contributed by atoms with Crippen LogP contribution in [0.25, 0.3) is 0 Å². The van der Waals surface area contributed by atoms with Gasteiger partial charge in [0.2, 0.25) is 5.91 Å². The largest absolute Gasteiger partial charge is 0.493 e. The molecular weight excluding hydrogens is 430 g/mol. The van der Waals surface area contributed by atoms with Crippen molar-refractivity contribution in [3.63, 3.8) is 0 Å². The van der Waals surface area contributed by atoms with Crippen molar-refractivity contribution in [3.8, 4) is 11.5 Å². The third-order valence-electron chi connectivity index (χ3n) is 6.09. The SMILES string of the molecule is COc1ccc(CCNC(=O)c2ccccc2N2CCC(NC(=O)CC(C)C)CC2)cc1OC. The summed E-state index contributed by atoms with van der Waals surface area (Å²) in [6.45, 7) is 6.24. The molecule has 2 amide bonds. The van der Waals surface area contributed by atoms with Crippen molar-refractivity contribution >= 4 is 17.5 Å². The van der Waals surface area contributed by atoms with Crippen LogP contribution in [0.2, 0.25) is 0 Å². The van der Waals surface area contributed by atoms with Crippen LogP contribution in [0, 0.1) is 5.92 Å². The fraction of sp³-hybridized carbons (Fsp3) is 0.481. The van der Waals surface area contributed by atoms with Crippen molar-refractivity contribution in [1.29, 1.82) is 0 Å². The van der Waals surface area contributed by atoms with Gasteiger partial charge in [0.05, 0.1) is 19.8 Å². The van der Waals surface area contributed by atoms with Crippen LogP contribution < -0.4 is 25.0 Å². The van der Waals surface area contributed by atoms with Crippen LogP contribution in [0.15, 0.2) is 42.5 Å². The molecule has 2 aromatic carbocycles. The second-order valence-corrected chi connectivity index (χ2v) is 9.14. The number of ether oxygens (including phenoxy) is 2. The van der Waals surface area contributed by atoms with Gasteiger partial charge < -0.3 is 25.0 Å². The summed E-state index contributed by atoms with van der Waals surface area (Å²) in [7, 11) is 3.23. The molecule has 0 unspecified atom stereocenters. The first kappa shape index (κ1) is 25.4. The molecule has 184 valence electrons. The molecule has 7 heteroatoms. The van der Waals surface area contributed by atoms with Crippen LogP contribution in [-0.4, -0.2) is 51.7 Å². The number of anilines is 1. The topological polar surface area (TPSA) is 79.9 Å². The monoisotopic (exact) mass is 467 g/mol. The zero-order chi connectivity index (χ0) is 24.5. The number of piperidine rings is 1. The molecule has 3 rings (SSSR count). The van der Waals surface area contributed by atoms with E-state index in [2.05, 4.69) is 29.4 Å². The maximum atomic E-state index is 13.0. The van der Waals surface area contributed by atoms with Gasteiger partial charge in [-0.25, -0.2) is 0 Å². The number of rotatable bonds is 10. The van der Waals surface area contributed by atoms with E-state index in [4.69, 9.17) is 9.47 Å². The number of nitrogens with one attached hydrogen (secondary N) is 2. The van der Waals surface area contributed by atoms with Gasteiger partial charge in [0.25, 0.3) is 5.91 Å². The molecule has 34 heavy (non-hydrogen) atoms. The van der Waals surface area contributed by atoms with Crippen LogP contribution in [0.1, 0.15) is 49.0 Å². The molecule has 0 aliphatic carbocycles. The fourth-order valence-electron chi connectivity index (χ4n) is 4.32. The summed E-state index contributed by atoms with van der Waals surface area (Å²) in [5, 5.41) is 6.21. The Hall–Kier alpha value is -3.22. The van der Waals surface area contributed by atoms with Gasteiger partial charge in [0.15, 0.2) is 11.5 Å². The van der Waals surface area contributed by atoms with Crippen LogP contribution in [0.3, 0.4) is 0 Å². The maximum Gasteiger partial charge on any atom is 0.253 e. The van der Waals surface area contributed by atoms with Gasteiger partial charge in [-0.15, -0.1) is 0 Å². The normalized spacial score (nSPS) is 14.1. The fourth-order valence-corrected chi connectivity index (χ4v) is 4.32. The van der Waals surface area contributed by atoms with Gasteiger partial charge in [0, 0.05) is 37.8 Å². The van der Waals surface area contributed by atoms with E-state index in [1.54, 1.807) is 14.2 Å². The van der Waals surface area contributed by atoms with Crippen LogP contribution in [0.5, 0.6) is 11.5 Å². The molecule has 1 fully saturated rings. The van der Waals surface area contributed by atoms with Crippen LogP contribution in [-0.2, 0) is 11.2 Å². The molecule has 1 aliphatic heterocycles. The predicted octanol–water partition coefficient (Wildman–Crippen LogP) is 3.81. The van der Waals surface area contributed by atoms with Gasteiger partial charge in [-0.2, -0.15) is 0 Å². The van der Waals surface area contributed by atoms with Gasteiger partial charge in [-0.3, -0.25) is 9.59 Å². The lowest BCUT2D eigenvalue weighted by Gasteiger charge is -2.35. The molecule has 0 radical (unpaired) electrons. The molecule has 2 aromatic rings. The number of amides is 2. The van der Waals surface area contributed by atoms with Crippen molar-refractivity contribution in [1.82, 2.24) is 10.6 Å². The Balaban J connectivity index is 1.55. The van der Waals surface area contributed by atoms with Crippen LogP contribution >= 0.6 is 0 Å². The van der Waals surface area contributed by atoms with Gasteiger partial charge in [-0.05, 0) is 55.0 Å². The highest BCUT2D eigenvalue weighted by Crippen LogP contribution is 2.28. The summed E-state index contributed by atoms with van der Waals surface area (Å²) in [5.74, 6) is 1.77. The zero-order valence-corrected chi connectivity index (χ0v) is 20.7. The number of hydrogen-bond acceptors (Lipinski definition) is 5. The zero-order valence-electron chi connectivity index (χ0n) is 20.7. The van der Waals surface area contributed by atoms with Crippen molar-refractivity contribution < 1.29 is 19.1 Å². The average molecular weight is 468 g/mol. The van der Waals surface area contributed by atoms with E-state index in [-0.39, 0.29) is 17.9 Å². The molecule has 1 heterocycles. The highest BCUT2D eigenvalue weighted by Gasteiger charge is 2.24. The van der Waals surface area contributed by atoms with Gasteiger partial charge in [0.1, 0.15) is 0 Å². The number of para-hydroxylation sites is 1. The number of methoxy groups -OCH3 is 2. The molecule has 0 atom stereocenters. The Morgan fingerprint density at radius 3 is 2.41 bits per heavy atom. The molecule has 0 saturated carbocycles. The third-order valence-corrected chi connectivity index (χ3v) is 6.09. The first-order chi connectivity index (χ1) is 16.4. The lowest BCUT2D eigenvalue weighted by Crippen LogP contribution is -2.45. The van der Waals surface area contributed by atoms with E-state index in [0.29, 0.717) is 42.4 Å². The predicted molar refractivity (Wildman–Crippen MR) is 135 cm³/mol. The molecule has 2 N–H and O–H groups in total. The summed E-state index contributed by atoms with van der Waals surface area (Å²) in [5.41, 5.74) is 2.68. The van der Waals surface area contributed by atoms with E-state index in [0.717, 1.165) is 37.2 Å². The van der Waals surface area contributed by atoms with Crippen LogP contribution in [0.4, 0.5) is 5.69 Å². The number of hydrogen-bond donors (Lipinski definition) is 2. The summed E-state index contributed by atoms with van der Waals surface area (Å²) >= 11 is 0. The highest BCUT2D eigenvalue weighted by molar-refractivity contribution is 5.99. The van der Waals surface area contributed by atoms with E-state index < -0.39 is 0 Å². The number of benzene rings is 2. The number of carbonyl (C=O) groups is 2. The van der Waals surface area contributed by atoms with Crippen molar-refractivity contribution in [2.45, 2.75) is 45.6 Å². The van der Waals surface area contributed by atoms with E-state index in [9.17, 15) is 9.59 Å². The van der Waals surface area contributed by atoms with Crippen molar-refractivity contribution in [2.75, 3.05) is 38.8 Å². The second-order valence-electron chi connectivity index (χ2n) is 9.14. The smallest absolute Gasteiger partial charge is 0.253 e. The highest BCUT2D eigenvalue weighted by atomic mass is 16.5. The maximum absolute atomic E-state index is 13.0. The van der Waals surface area contributed by atoms with Crippen molar-refractivity contribution in [2.24, 2.45) is 5.92 Å². The third kappa shape index (κ3) is 6.89. The Kier molecular flexibility index (Phi) is 9.19. The Morgan fingerprint density at radius 1 is 1.03 bits per heavy atom. The van der Waals surface area contributed by atoms with E-state index >= 15 is 0 Å². The first-order valence-corrected chi connectivity index (χ1v) is 12.0. The molecule has 7 nitrogen and oxygen atoms in total. The first-order valence-electron chi connectivity index (χ1n) is 12.0. The van der Waals surface area contributed by atoms with Gasteiger partial charge in [-0.1, -0.05) is 32.0 Å². The molecule has 1 aliphatic rings. The quantitative estimate of drug-likeness (QED) is 0.556. The minimum absolute atomic E-state index is 0.0802. The minimum Gasteiger partial charge on any atom is -0.493 e. The van der Waals surface area contributed by atoms with E-state index in [1.807, 2.05) is 42.5 Å². The summed E-state index contributed by atoms with van der Waals surface area (Å²) < 4.78 is 10.6. The lowest BCUT2D eigenvalue weighted by atomic mass is 10.0. The number of nitrogens with zero attached hydrogens (tertiary/aromatic N) is 1. The van der Waals surface area contributed by atoms with Crippen molar-refractivity contribution in [3.05, 3.63) is 53.6 Å². The second kappa shape index (κ2) is 12.3. The standard InChI is InChI=1S/C27H37N3O4/c1-19(2)17-26(31)29-21-12-15-30(16-13-21)23-8-6-5-7-22(23)27(32)28-14-11-20-9-10-24(33-3)25(18-20)34-4/h5-10,18-19,21H,11-17H2,1-4H3,(H,28,32)(H,29,31). The number of carbonyl (C=O) groups excluding carboxylic acids is 2. The van der Waals surface area contributed by atoms with E-state index in [1.165, 1.54) is 0 Å². The van der Waals surface area contributed by atoms with Gasteiger partial charge >= 0.3 is 0 Å². The summed E-state index contributed by atoms with van der Waals surface area (Å²) in [4.78, 5) is 27.3. The molecule has 0 spiro atoms. The summed E-state index contributed by atoms with van der Waals surface area (Å²) in [6, 6.07) is 13.7. The Morgan fingerprint density at radius 2 is 1.74 bits per heavy atom. The summed E-state index contributed by atoms with van der Waals surface area (Å²) in [6.07, 6.45) is 3.00. The minimum atomic E-state index is -0.0802. The Bertz CT molecular complexity index is 968. The lowest BCUT2D eigenvalue weighted by molar-refractivity contribution is -0.122. The average Bonchev–Trinajstić information content (AvgIpc) is 2.83. The molecular formula is C27H37N3O4. The molecule has 0 bridgehead atoms. The molecule has 0 aromatic heterocycles.